The highest BCUT2D eigenvalue weighted by Gasteiger charge is 2.16. The van der Waals surface area contributed by atoms with Crippen LogP contribution in [-0.4, -0.2) is 37.1 Å². The molecule has 0 unspecified atom stereocenters. The molecule has 8 heteroatoms. The minimum Gasteiger partial charge on any atom is -0.481 e. The lowest BCUT2D eigenvalue weighted by Crippen LogP contribution is -2.39. The Morgan fingerprint density at radius 3 is 1.62 bits per heavy atom. The van der Waals surface area contributed by atoms with Crippen LogP contribution in [0.1, 0.15) is 20.3 Å². The van der Waals surface area contributed by atoms with Crippen LogP contribution in [0, 0.1) is 0 Å². The van der Waals surface area contributed by atoms with Crippen LogP contribution in [0.3, 0.4) is 0 Å². The SMILES string of the molecule is C[C@H](Oc1cccc(Cl)c1)C(=O)NCCCNC(=O)[C@H](C)Oc1cccc(Cl)c1. The minimum absolute atomic E-state index is 0.242. The maximum absolute atomic E-state index is 12.1. The molecule has 0 aliphatic rings. The number of hydrogen-bond acceptors (Lipinski definition) is 4. The second-order valence-corrected chi connectivity index (χ2v) is 7.24. The lowest BCUT2D eigenvalue weighted by atomic mass is 10.3. The van der Waals surface area contributed by atoms with Gasteiger partial charge in [-0.15, -0.1) is 0 Å². The zero-order valence-corrected chi connectivity index (χ0v) is 17.8. The molecule has 0 heterocycles. The van der Waals surface area contributed by atoms with Crippen LogP contribution in [0.4, 0.5) is 0 Å². The Balaban J connectivity index is 1.62. The molecule has 0 fully saturated rings. The number of halogens is 2. The third-order valence-corrected chi connectivity index (χ3v) is 4.38. The zero-order chi connectivity index (χ0) is 21.2. The molecule has 0 aliphatic carbocycles. The number of carbonyl (C=O) groups is 2. The second-order valence-electron chi connectivity index (χ2n) is 6.37. The molecule has 2 rings (SSSR count). The number of carbonyl (C=O) groups excluding carboxylic acids is 2. The van der Waals surface area contributed by atoms with Gasteiger partial charge in [-0.3, -0.25) is 9.59 Å². The molecule has 2 aromatic rings. The Morgan fingerprint density at radius 2 is 1.24 bits per heavy atom. The summed E-state index contributed by atoms with van der Waals surface area (Å²) in [5.74, 6) is 0.574. The van der Waals surface area contributed by atoms with Crippen LogP contribution in [0.5, 0.6) is 11.5 Å². The van der Waals surface area contributed by atoms with E-state index in [1.165, 1.54) is 0 Å². The third kappa shape index (κ3) is 8.21. The molecule has 156 valence electrons. The molecule has 0 spiro atoms. The zero-order valence-electron chi connectivity index (χ0n) is 16.3. The lowest BCUT2D eigenvalue weighted by Gasteiger charge is -2.16. The Hall–Kier alpha value is -2.44. The summed E-state index contributed by atoms with van der Waals surface area (Å²) in [6, 6.07) is 13.7. The first kappa shape index (κ1) is 22.8. The van der Waals surface area contributed by atoms with Crippen LogP contribution in [0.25, 0.3) is 0 Å². The number of amides is 2. The van der Waals surface area contributed by atoms with Crippen molar-refractivity contribution in [3.05, 3.63) is 58.6 Å². The smallest absolute Gasteiger partial charge is 0.260 e. The van der Waals surface area contributed by atoms with Crippen LogP contribution in [0.15, 0.2) is 48.5 Å². The van der Waals surface area contributed by atoms with Crippen molar-refractivity contribution in [3.63, 3.8) is 0 Å². The maximum atomic E-state index is 12.1. The highest BCUT2D eigenvalue weighted by atomic mass is 35.5. The summed E-state index contributed by atoms with van der Waals surface area (Å²) >= 11 is 11.8. The van der Waals surface area contributed by atoms with E-state index in [1.54, 1.807) is 62.4 Å². The van der Waals surface area contributed by atoms with Crippen molar-refractivity contribution < 1.29 is 19.1 Å². The van der Waals surface area contributed by atoms with E-state index in [2.05, 4.69) is 10.6 Å². The highest BCUT2D eigenvalue weighted by Crippen LogP contribution is 2.19. The molecule has 0 aromatic heterocycles. The van der Waals surface area contributed by atoms with Crippen LogP contribution in [0.2, 0.25) is 10.0 Å². The fourth-order valence-electron chi connectivity index (χ4n) is 2.39. The van der Waals surface area contributed by atoms with E-state index in [0.29, 0.717) is 41.1 Å². The highest BCUT2D eigenvalue weighted by molar-refractivity contribution is 6.31. The van der Waals surface area contributed by atoms with Crippen molar-refractivity contribution >= 4 is 35.0 Å². The topological polar surface area (TPSA) is 76.7 Å². The van der Waals surface area contributed by atoms with Gasteiger partial charge < -0.3 is 20.1 Å². The quantitative estimate of drug-likeness (QED) is 0.552. The Morgan fingerprint density at radius 1 is 0.828 bits per heavy atom. The van der Waals surface area contributed by atoms with Crippen LogP contribution >= 0.6 is 23.2 Å². The summed E-state index contributed by atoms with van der Waals surface area (Å²) in [7, 11) is 0. The summed E-state index contributed by atoms with van der Waals surface area (Å²) in [5, 5.41) is 6.63. The van der Waals surface area contributed by atoms with E-state index < -0.39 is 12.2 Å². The Kier molecular flexibility index (Phi) is 9.09. The molecule has 0 radical (unpaired) electrons. The van der Waals surface area contributed by atoms with Gasteiger partial charge in [0.2, 0.25) is 0 Å². The molecule has 2 N–H and O–H groups in total. The number of hydrogen-bond donors (Lipinski definition) is 2. The number of nitrogens with one attached hydrogen (secondary N) is 2. The predicted molar refractivity (Wildman–Crippen MR) is 114 cm³/mol. The summed E-state index contributed by atoms with van der Waals surface area (Å²) < 4.78 is 11.1. The molecule has 0 saturated carbocycles. The molecular formula is C21H24Cl2N2O4. The molecule has 0 bridgehead atoms. The Labute approximate surface area is 180 Å². The molecule has 2 amide bonds. The largest absolute Gasteiger partial charge is 0.481 e. The maximum Gasteiger partial charge on any atom is 0.260 e. The van der Waals surface area contributed by atoms with E-state index in [0.717, 1.165) is 0 Å². The van der Waals surface area contributed by atoms with Gasteiger partial charge in [0.1, 0.15) is 11.5 Å². The van der Waals surface area contributed by atoms with Gasteiger partial charge in [-0.1, -0.05) is 35.3 Å². The molecule has 2 aromatic carbocycles. The van der Waals surface area contributed by atoms with Gasteiger partial charge in [-0.2, -0.15) is 0 Å². The summed E-state index contributed by atoms with van der Waals surface area (Å²) in [6.45, 7) is 4.14. The molecule has 0 saturated heterocycles. The summed E-state index contributed by atoms with van der Waals surface area (Å²) in [4.78, 5) is 24.2. The molecule has 6 nitrogen and oxygen atoms in total. The van der Waals surface area contributed by atoms with Crippen molar-refractivity contribution in [2.75, 3.05) is 13.1 Å². The van der Waals surface area contributed by atoms with Gasteiger partial charge in [0.05, 0.1) is 0 Å². The number of benzene rings is 2. The average molecular weight is 439 g/mol. The van der Waals surface area contributed by atoms with E-state index in [9.17, 15) is 9.59 Å². The first-order valence-corrected chi connectivity index (χ1v) is 10.0. The molecule has 29 heavy (non-hydrogen) atoms. The number of rotatable bonds is 10. The summed E-state index contributed by atoms with van der Waals surface area (Å²) in [5.41, 5.74) is 0. The fraction of sp³-hybridized carbons (Fsp3) is 0.333. The third-order valence-electron chi connectivity index (χ3n) is 3.91. The molecule has 0 aliphatic heterocycles. The van der Waals surface area contributed by atoms with Crippen molar-refractivity contribution in [1.82, 2.24) is 10.6 Å². The van der Waals surface area contributed by atoms with E-state index in [4.69, 9.17) is 32.7 Å². The first-order valence-electron chi connectivity index (χ1n) is 9.25. The lowest BCUT2D eigenvalue weighted by molar-refractivity contribution is -0.127. The monoisotopic (exact) mass is 438 g/mol. The van der Waals surface area contributed by atoms with E-state index >= 15 is 0 Å². The number of ether oxygens (including phenoxy) is 2. The second kappa shape index (κ2) is 11.5. The van der Waals surface area contributed by atoms with Gasteiger partial charge in [0.25, 0.3) is 11.8 Å². The average Bonchev–Trinajstić information content (AvgIpc) is 2.67. The van der Waals surface area contributed by atoms with Crippen molar-refractivity contribution in [2.24, 2.45) is 0 Å². The minimum atomic E-state index is -0.658. The molecular weight excluding hydrogens is 415 g/mol. The standard InChI is InChI=1S/C21H24Cl2N2O4/c1-14(28-18-8-3-6-16(22)12-18)20(26)24-10-5-11-25-21(27)15(2)29-19-9-4-7-17(23)13-19/h3-4,6-9,12-15H,5,10-11H2,1-2H3,(H,24,26)(H,25,27)/t14-,15-/m0/s1. The van der Waals surface area contributed by atoms with Crippen molar-refractivity contribution in [3.8, 4) is 11.5 Å². The van der Waals surface area contributed by atoms with Crippen LogP contribution in [-0.2, 0) is 9.59 Å². The Bertz CT molecular complexity index is 764. The first-order chi connectivity index (χ1) is 13.8. The van der Waals surface area contributed by atoms with Crippen LogP contribution < -0.4 is 20.1 Å². The normalized spacial score (nSPS) is 12.6. The van der Waals surface area contributed by atoms with Crippen molar-refractivity contribution in [2.45, 2.75) is 32.5 Å². The van der Waals surface area contributed by atoms with E-state index in [-0.39, 0.29) is 11.8 Å². The van der Waals surface area contributed by atoms with E-state index in [1.807, 2.05) is 0 Å². The van der Waals surface area contributed by atoms with Gasteiger partial charge in [-0.25, -0.2) is 0 Å². The van der Waals surface area contributed by atoms with Gasteiger partial charge in [0, 0.05) is 23.1 Å². The fourth-order valence-corrected chi connectivity index (χ4v) is 2.76. The van der Waals surface area contributed by atoms with Gasteiger partial charge >= 0.3 is 0 Å². The summed E-state index contributed by atoms with van der Waals surface area (Å²) in [6.07, 6.45) is -0.742. The van der Waals surface area contributed by atoms with Gasteiger partial charge in [0.15, 0.2) is 12.2 Å². The van der Waals surface area contributed by atoms with Gasteiger partial charge in [-0.05, 0) is 56.7 Å². The van der Waals surface area contributed by atoms with Crippen molar-refractivity contribution in [1.29, 1.82) is 0 Å². The molecule has 2 atom stereocenters. The predicted octanol–water partition coefficient (Wildman–Crippen LogP) is 3.85.